The number of carbonyl (C=O) groups is 1. The van der Waals surface area contributed by atoms with Crippen LogP contribution in [0.1, 0.15) is 15.9 Å². The molecule has 3 aromatic rings. The number of nitro benzene ring substituents is 1. The minimum atomic E-state index is -0.516. The largest absolute Gasteiger partial charge is 0.352 e. The van der Waals surface area contributed by atoms with Gasteiger partial charge in [0.2, 0.25) is 0 Å². The normalized spacial score (nSPS) is 10.5. The highest BCUT2D eigenvalue weighted by atomic mass is 35.5. The van der Waals surface area contributed by atoms with Gasteiger partial charge in [0.05, 0.1) is 11.3 Å². The van der Waals surface area contributed by atoms with Crippen molar-refractivity contribution < 1.29 is 9.72 Å². The van der Waals surface area contributed by atoms with Crippen LogP contribution in [0.25, 0.3) is 5.69 Å². The third-order valence-electron chi connectivity index (χ3n) is 3.81. The minimum absolute atomic E-state index is 0.162. The van der Waals surface area contributed by atoms with E-state index in [4.69, 9.17) is 11.6 Å². The Labute approximate surface area is 154 Å². The van der Waals surface area contributed by atoms with Crippen LogP contribution in [0.15, 0.2) is 61.2 Å². The molecule has 0 bridgehead atoms. The molecule has 8 heteroatoms. The fourth-order valence-electron chi connectivity index (χ4n) is 2.55. The molecular weight excluding hydrogens is 356 g/mol. The maximum absolute atomic E-state index is 12.3. The Morgan fingerprint density at radius 1 is 1.27 bits per heavy atom. The second-order valence-electron chi connectivity index (χ2n) is 5.57. The number of carbonyl (C=O) groups excluding carboxylic acids is 1. The van der Waals surface area contributed by atoms with Gasteiger partial charge >= 0.3 is 0 Å². The number of halogens is 1. The summed E-state index contributed by atoms with van der Waals surface area (Å²) in [4.78, 5) is 27.0. The van der Waals surface area contributed by atoms with E-state index in [1.807, 2.05) is 18.2 Å². The van der Waals surface area contributed by atoms with Crippen LogP contribution in [0.5, 0.6) is 0 Å². The van der Waals surface area contributed by atoms with E-state index in [0.29, 0.717) is 23.7 Å². The molecule has 1 N–H and O–H groups in total. The predicted octanol–water partition coefficient (Wildman–Crippen LogP) is 3.41. The van der Waals surface area contributed by atoms with E-state index >= 15 is 0 Å². The number of nitrogens with one attached hydrogen (secondary N) is 1. The van der Waals surface area contributed by atoms with Crippen LogP contribution >= 0.6 is 11.6 Å². The Bertz CT molecular complexity index is 941. The molecule has 0 aliphatic heterocycles. The van der Waals surface area contributed by atoms with E-state index in [2.05, 4.69) is 10.3 Å². The van der Waals surface area contributed by atoms with Crippen LogP contribution in [0, 0.1) is 10.1 Å². The molecule has 0 aliphatic rings. The van der Waals surface area contributed by atoms with E-state index in [9.17, 15) is 14.9 Å². The maximum Gasteiger partial charge on any atom is 0.294 e. The van der Waals surface area contributed by atoms with E-state index in [1.165, 1.54) is 29.2 Å². The van der Waals surface area contributed by atoms with Crippen molar-refractivity contribution in [3.8, 4) is 5.69 Å². The van der Waals surface area contributed by atoms with Crippen molar-refractivity contribution in [2.75, 3.05) is 6.54 Å². The molecule has 1 aromatic heterocycles. The number of hydrogen-bond donors (Lipinski definition) is 1. The van der Waals surface area contributed by atoms with Crippen LogP contribution in [-0.2, 0) is 6.42 Å². The number of hydrogen-bond acceptors (Lipinski definition) is 4. The highest BCUT2D eigenvalue weighted by molar-refractivity contribution is 6.30. The monoisotopic (exact) mass is 370 g/mol. The van der Waals surface area contributed by atoms with Gasteiger partial charge in [-0.3, -0.25) is 14.9 Å². The van der Waals surface area contributed by atoms with Gasteiger partial charge in [-0.1, -0.05) is 23.7 Å². The molecule has 0 radical (unpaired) electrons. The molecule has 0 spiro atoms. The number of aromatic nitrogens is 2. The van der Waals surface area contributed by atoms with Crippen molar-refractivity contribution in [1.82, 2.24) is 14.9 Å². The third kappa shape index (κ3) is 4.07. The molecule has 3 rings (SSSR count). The van der Waals surface area contributed by atoms with E-state index in [1.54, 1.807) is 18.3 Å². The van der Waals surface area contributed by atoms with Gasteiger partial charge in [0, 0.05) is 35.6 Å². The lowest BCUT2D eigenvalue weighted by Gasteiger charge is -2.08. The van der Waals surface area contributed by atoms with Gasteiger partial charge in [0.1, 0.15) is 5.69 Å². The van der Waals surface area contributed by atoms with Crippen molar-refractivity contribution in [3.05, 3.63) is 87.4 Å². The number of nitro groups is 1. The first-order valence-corrected chi connectivity index (χ1v) is 8.22. The number of rotatable bonds is 6. The minimum Gasteiger partial charge on any atom is -0.352 e. The Morgan fingerprint density at radius 2 is 2.12 bits per heavy atom. The lowest BCUT2D eigenvalue weighted by molar-refractivity contribution is -0.384. The van der Waals surface area contributed by atoms with Crippen LogP contribution < -0.4 is 5.32 Å². The Balaban J connectivity index is 1.71. The van der Waals surface area contributed by atoms with Gasteiger partial charge in [-0.15, -0.1) is 0 Å². The molecular formula is C18H15ClN4O3. The zero-order chi connectivity index (χ0) is 18.5. The quantitative estimate of drug-likeness (QED) is 0.531. The second kappa shape index (κ2) is 7.79. The van der Waals surface area contributed by atoms with E-state index in [-0.39, 0.29) is 17.2 Å². The SMILES string of the molecule is O=C(NCCc1cccc(Cl)c1)c1ccc(-n2ccnc2)c([N+](=O)[O-])c1. The molecule has 0 atom stereocenters. The van der Waals surface area contributed by atoms with Gasteiger partial charge in [-0.25, -0.2) is 4.98 Å². The van der Waals surface area contributed by atoms with Crippen LogP contribution in [0.4, 0.5) is 5.69 Å². The molecule has 1 amide bonds. The van der Waals surface area contributed by atoms with Crippen LogP contribution in [0.3, 0.4) is 0 Å². The number of amides is 1. The van der Waals surface area contributed by atoms with Gasteiger partial charge in [0.25, 0.3) is 11.6 Å². The molecule has 0 unspecified atom stereocenters. The fourth-order valence-corrected chi connectivity index (χ4v) is 2.76. The zero-order valence-corrected chi connectivity index (χ0v) is 14.4. The Morgan fingerprint density at radius 3 is 2.81 bits per heavy atom. The summed E-state index contributed by atoms with van der Waals surface area (Å²) in [5.41, 5.74) is 1.42. The summed E-state index contributed by atoms with van der Waals surface area (Å²) < 4.78 is 1.53. The van der Waals surface area contributed by atoms with E-state index in [0.717, 1.165) is 5.56 Å². The number of benzene rings is 2. The number of nitrogens with zero attached hydrogens (tertiary/aromatic N) is 3. The van der Waals surface area contributed by atoms with Crippen molar-refractivity contribution in [3.63, 3.8) is 0 Å². The summed E-state index contributed by atoms with van der Waals surface area (Å²) in [6.07, 6.45) is 5.21. The smallest absolute Gasteiger partial charge is 0.294 e. The summed E-state index contributed by atoms with van der Waals surface area (Å²) in [7, 11) is 0. The van der Waals surface area contributed by atoms with Gasteiger partial charge in [0.15, 0.2) is 0 Å². The highest BCUT2D eigenvalue weighted by Crippen LogP contribution is 2.24. The maximum atomic E-state index is 12.3. The summed E-state index contributed by atoms with van der Waals surface area (Å²) in [5, 5.41) is 14.8. The highest BCUT2D eigenvalue weighted by Gasteiger charge is 2.18. The molecule has 0 aliphatic carbocycles. The van der Waals surface area contributed by atoms with Gasteiger partial charge in [-0.05, 0) is 36.2 Å². The first-order chi connectivity index (χ1) is 12.5. The van der Waals surface area contributed by atoms with Crippen molar-refractivity contribution >= 4 is 23.2 Å². The molecule has 0 saturated carbocycles. The van der Waals surface area contributed by atoms with Gasteiger partial charge in [-0.2, -0.15) is 0 Å². The van der Waals surface area contributed by atoms with Crippen LogP contribution in [-0.4, -0.2) is 26.9 Å². The summed E-state index contributed by atoms with van der Waals surface area (Å²) in [5.74, 6) is -0.368. The topological polar surface area (TPSA) is 90.1 Å². The van der Waals surface area contributed by atoms with E-state index < -0.39 is 4.92 Å². The van der Waals surface area contributed by atoms with Crippen LogP contribution in [0.2, 0.25) is 5.02 Å². The van der Waals surface area contributed by atoms with Gasteiger partial charge < -0.3 is 9.88 Å². The molecule has 2 aromatic carbocycles. The van der Waals surface area contributed by atoms with Crippen molar-refractivity contribution in [2.45, 2.75) is 6.42 Å². The summed E-state index contributed by atoms with van der Waals surface area (Å²) in [6.45, 7) is 0.399. The molecule has 0 saturated heterocycles. The number of imidazole rings is 1. The molecule has 26 heavy (non-hydrogen) atoms. The summed E-state index contributed by atoms with van der Waals surface area (Å²) >= 11 is 5.93. The first kappa shape index (κ1) is 17.6. The predicted molar refractivity (Wildman–Crippen MR) is 97.7 cm³/mol. The molecule has 1 heterocycles. The molecule has 0 fully saturated rings. The Hall–Kier alpha value is -3.19. The zero-order valence-electron chi connectivity index (χ0n) is 13.6. The molecule has 132 valence electrons. The summed E-state index contributed by atoms with van der Waals surface area (Å²) in [6, 6.07) is 11.7. The molecule has 7 nitrogen and oxygen atoms in total. The average molecular weight is 371 g/mol. The standard InChI is InChI=1S/C18H15ClN4O3/c19-15-3-1-2-13(10-15)6-7-21-18(24)14-4-5-16(17(11-14)23(25)26)22-9-8-20-12-22/h1-5,8-12H,6-7H2,(H,21,24). The lowest BCUT2D eigenvalue weighted by atomic mass is 10.1. The fraction of sp³-hybridized carbons (Fsp3) is 0.111. The Kier molecular flexibility index (Phi) is 5.28. The third-order valence-corrected chi connectivity index (χ3v) is 4.04. The van der Waals surface area contributed by atoms with Crippen molar-refractivity contribution in [2.24, 2.45) is 0 Å². The van der Waals surface area contributed by atoms with Crippen molar-refractivity contribution in [1.29, 1.82) is 0 Å². The average Bonchev–Trinajstić information content (AvgIpc) is 3.15. The second-order valence-corrected chi connectivity index (χ2v) is 6.00. The first-order valence-electron chi connectivity index (χ1n) is 7.84. The lowest BCUT2D eigenvalue weighted by Crippen LogP contribution is -2.25.